The van der Waals surface area contributed by atoms with E-state index in [4.69, 9.17) is 0 Å². The van der Waals surface area contributed by atoms with E-state index >= 15 is 0 Å². The van der Waals surface area contributed by atoms with Gasteiger partial charge in [-0.2, -0.15) is 5.10 Å². The molecule has 1 unspecified atom stereocenters. The van der Waals surface area contributed by atoms with Crippen LogP contribution in [0.25, 0.3) is 10.8 Å². The van der Waals surface area contributed by atoms with Crippen molar-refractivity contribution in [3.8, 4) is 0 Å². The first-order valence-electron chi connectivity index (χ1n) is 10.9. The van der Waals surface area contributed by atoms with Crippen LogP contribution < -0.4 is 10.9 Å². The van der Waals surface area contributed by atoms with Crippen LogP contribution in [-0.2, 0) is 6.42 Å². The number of amides is 1. The SMILES string of the molecule is O=C(c1cc(Cc2n[nH]c(=O)c3ccccc23)ccc1F)N1CCC(Nc2ccccc2)C1. The molecule has 1 amide bonds. The molecule has 7 heteroatoms. The Morgan fingerprint density at radius 1 is 1.06 bits per heavy atom. The predicted octanol–water partition coefficient (Wildman–Crippen LogP) is 3.98. The van der Waals surface area contributed by atoms with Crippen molar-refractivity contribution in [3.05, 3.63) is 106 Å². The number of nitrogens with zero attached hydrogens (tertiary/aromatic N) is 2. The zero-order chi connectivity index (χ0) is 22.8. The Labute approximate surface area is 190 Å². The molecule has 5 rings (SSSR count). The average Bonchev–Trinajstić information content (AvgIpc) is 3.31. The molecular weight excluding hydrogens is 419 g/mol. The van der Waals surface area contributed by atoms with Crippen molar-refractivity contribution in [1.29, 1.82) is 0 Å². The summed E-state index contributed by atoms with van der Waals surface area (Å²) in [6.45, 7) is 1.09. The third-order valence-electron chi connectivity index (χ3n) is 6.03. The van der Waals surface area contributed by atoms with Crippen LogP contribution in [0.1, 0.15) is 28.0 Å². The van der Waals surface area contributed by atoms with Gasteiger partial charge in [-0.05, 0) is 42.3 Å². The number of para-hydroxylation sites is 1. The summed E-state index contributed by atoms with van der Waals surface area (Å²) in [4.78, 5) is 26.9. The maximum atomic E-state index is 14.6. The smallest absolute Gasteiger partial charge is 0.272 e. The highest BCUT2D eigenvalue weighted by molar-refractivity contribution is 5.95. The summed E-state index contributed by atoms with van der Waals surface area (Å²) in [6.07, 6.45) is 1.17. The number of nitrogens with one attached hydrogen (secondary N) is 2. The maximum absolute atomic E-state index is 14.6. The second kappa shape index (κ2) is 8.86. The van der Waals surface area contributed by atoms with Crippen LogP contribution in [-0.4, -0.2) is 40.1 Å². The summed E-state index contributed by atoms with van der Waals surface area (Å²) in [5.41, 5.74) is 2.23. The van der Waals surface area contributed by atoms with Gasteiger partial charge in [0.1, 0.15) is 5.82 Å². The Morgan fingerprint density at radius 2 is 1.82 bits per heavy atom. The largest absolute Gasteiger partial charge is 0.380 e. The van der Waals surface area contributed by atoms with Gasteiger partial charge in [-0.25, -0.2) is 9.49 Å². The van der Waals surface area contributed by atoms with Crippen molar-refractivity contribution in [3.63, 3.8) is 0 Å². The zero-order valence-corrected chi connectivity index (χ0v) is 17.9. The van der Waals surface area contributed by atoms with Crippen LogP contribution in [0.4, 0.5) is 10.1 Å². The van der Waals surface area contributed by atoms with E-state index in [0.29, 0.717) is 30.6 Å². The zero-order valence-electron chi connectivity index (χ0n) is 17.9. The number of H-pyrrole nitrogens is 1. The number of rotatable bonds is 5. The number of aromatic amines is 1. The lowest BCUT2D eigenvalue weighted by molar-refractivity contribution is 0.0787. The molecule has 3 aromatic carbocycles. The molecule has 0 bridgehead atoms. The van der Waals surface area contributed by atoms with Crippen molar-refractivity contribution in [2.24, 2.45) is 0 Å². The Balaban J connectivity index is 1.35. The highest BCUT2D eigenvalue weighted by atomic mass is 19.1. The van der Waals surface area contributed by atoms with Crippen molar-refractivity contribution in [2.45, 2.75) is 18.9 Å². The summed E-state index contributed by atoms with van der Waals surface area (Å²) < 4.78 is 14.6. The van der Waals surface area contributed by atoms with Gasteiger partial charge in [0.05, 0.1) is 16.6 Å². The molecule has 0 spiro atoms. The van der Waals surface area contributed by atoms with E-state index in [1.165, 1.54) is 6.07 Å². The van der Waals surface area contributed by atoms with E-state index in [9.17, 15) is 14.0 Å². The third kappa shape index (κ3) is 4.35. The lowest BCUT2D eigenvalue weighted by Crippen LogP contribution is -2.32. The van der Waals surface area contributed by atoms with Crippen molar-refractivity contribution in [2.75, 3.05) is 18.4 Å². The number of likely N-dealkylation sites (tertiary alicyclic amines) is 1. The topological polar surface area (TPSA) is 78.1 Å². The molecule has 1 aliphatic heterocycles. The molecule has 2 heterocycles. The molecule has 4 aromatic rings. The number of hydrogen-bond acceptors (Lipinski definition) is 4. The van der Waals surface area contributed by atoms with Gasteiger partial charge in [0.2, 0.25) is 0 Å². The van der Waals surface area contributed by atoms with Gasteiger partial charge in [0.15, 0.2) is 0 Å². The minimum Gasteiger partial charge on any atom is -0.380 e. The highest BCUT2D eigenvalue weighted by Crippen LogP contribution is 2.22. The van der Waals surface area contributed by atoms with Gasteiger partial charge in [-0.3, -0.25) is 9.59 Å². The van der Waals surface area contributed by atoms with Crippen LogP contribution in [0.5, 0.6) is 0 Å². The summed E-state index contributed by atoms with van der Waals surface area (Å²) >= 11 is 0. The number of carbonyl (C=O) groups is 1. The van der Waals surface area contributed by atoms with Crippen LogP contribution in [0.2, 0.25) is 0 Å². The van der Waals surface area contributed by atoms with E-state index < -0.39 is 5.82 Å². The molecule has 0 radical (unpaired) electrons. The van der Waals surface area contributed by atoms with Gasteiger partial charge in [-0.15, -0.1) is 0 Å². The predicted molar refractivity (Wildman–Crippen MR) is 126 cm³/mol. The van der Waals surface area contributed by atoms with Crippen LogP contribution in [0.15, 0.2) is 77.6 Å². The first kappa shape index (κ1) is 20.9. The third-order valence-corrected chi connectivity index (χ3v) is 6.03. The van der Waals surface area contributed by atoms with Crippen LogP contribution in [0.3, 0.4) is 0 Å². The minimum atomic E-state index is -0.539. The quantitative estimate of drug-likeness (QED) is 0.490. The lowest BCUT2D eigenvalue weighted by atomic mass is 10.0. The molecule has 6 nitrogen and oxygen atoms in total. The molecule has 1 aromatic heterocycles. The number of carbonyl (C=O) groups excluding carboxylic acids is 1. The summed E-state index contributed by atoms with van der Waals surface area (Å²) in [5.74, 6) is -0.853. The van der Waals surface area contributed by atoms with E-state index in [-0.39, 0.29) is 23.1 Å². The molecule has 0 aliphatic carbocycles. The molecule has 1 atom stereocenters. The fraction of sp³-hybridized carbons (Fsp3) is 0.192. The number of fused-ring (bicyclic) bond motifs is 1. The normalized spacial score (nSPS) is 15.7. The number of anilines is 1. The van der Waals surface area contributed by atoms with Crippen LogP contribution in [0, 0.1) is 5.82 Å². The second-order valence-corrected chi connectivity index (χ2v) is 8.28. The molecule has 166 valence electrons. The highest BCUT2D eigenvalue weighted by Gasteiger charge is 2.28. The van der Waals surface area contributed by atoms with Gasteiger partial charge < -0.3 is 10.2 Å². The fourth-order valence-corrected chi connectivity index (χ4v) is 4.35. The number of halogens is 1. The van der Waals surface area contributed by atoms with Crippen LogP contribution >= 0.6 is 0 Å². The minimum absolute atomic E-state index is 0.0570. The summed E-state index contributed by atoms with van der Waals surface area (Å²) in [6, 6.07) is 21.8. The molecular formula is C26H23FN4O2. The number of aromatic nitrogens is 2. The Hall–Kier alpha value is -4.00. The molecule has 2 N–H and O–H groups in total. The average molecular weight is 442 g/mol. The first-order valence-corrected chi connectivity index (χ1v) is 10.9. The van der Waals surface area contributed by atoms with Crippen molar-refractivity contribution in [1.82, 2.24) is 15.1 Å². The molecule has 33 heavy (non-hydrogen) atoms. The lowest BCUT2D eigenvalue weighted by Gasteiger charge is -2.18. The number of hydrogen-bond donors (Lipinski definition) is 2. The van der Waals surface area contributed by atoms with Gasteiger partial charge >= 0.3 is 0 Å². The molecule has 1 aliphatic rings. The molecule has 1 saturated heterocycles. The second-order valence-electron chi connectivity index (χ2n) is 8.28. The Bertz CT molecular complexity index is 1370. The van der Waals surface area contributed by atoms with Gasteiger partial charge in [0.25, 0.3) is 11.5 Å². The van der Waals surface area contributed by atoms with Crippen molar-refractivity contribution < 1.29 is 9.18 Å². The van der Waals surface area contributed by atoms with E-state index in [2.05, 4.69) is 15.5 Å². The standard InChI is InChI=1S/C26H23FN4O2/c27-23-11-10-17(15-24-20-8-4-5-9-21(20)25(32)30-29-24)14-22(23)26(33)31-13-12-19(16-31)28-18-6-2-1-3-7-18/h1-11,14,19,28H,12-13,15-16H2,(H,30,32). The first-order chi connectivity index (χ1) is 16.1. The molecule has 1 fully saturated rings. The van der Waals surface area contributed by atoms with Gasteiger partial charge in [-0.1, -0.05) is 42.5 Å². The monoisotopic (exact) mass is 442 g/mol. The van der Waals surface area contributed by atoms with E-state index in [0.717, 1.165) is 23.1 Å². The maximum Gasteiger partial charge on any atom is 0.272 e. The summed E-state index contributed by atoms with van der Waals surface area (Å²) in [5, 5.41) is 11.4. The van der Waals surface area contributed by atoms with E-state index in [1.54, 1.807) is 29.2 Å². The fourth-order valence-electron chi connectivity index (χ4n) is 4.35. The van der Waals surface area contributed by atoms with Crippen molar-refractivity contribution >= 4 is 22.4 Å². The summed E-state index contributed by atoms with van der Waals surface area (Å²) in [7, 11) is 0. The van der Waals surface area contributed by atoms with E-state index in [1.807, 2.05) is 42.5 Å². The Kier molecular flexibility index (Phi) is 5.60. The molecule has 0 saturated carbocycles. The number of benzene rings is 3. The van der Waals surface area contributed by atoms with Gasteiger partial charge in [0, 0.05) is 36.6 Å². The Morgan fingerprint density at radius 3 is 2.64 bits per heavy atom.